The van der Waals surface area contributed by atoms with E-state index in [1.807, 2.05) is 56.3 Å². The summed E-state index contributed by atoms with van der Waals surface area (Å²) in [5.41, 5.74) is 11.7. The standard InChI is InChI=1S/C26H22N6O2/c1-15-11-12-16(2)20(13-15)31-26(34)22-23-25(30-19-9-5-4-8-18(19)29-23)32(24(22)27)28-14-17-7-3-6-10-21(17)33/h3-14,33H,27H2,1-2H3,(H,31,34)/b28-14+. The van der Waals surface area contributed by atoms with Gasteiger partial charge < -0.3 is 16.2 Å². The summed E-state index contributed by atoms with van der Waals surface area (Å²) in [4.78, 5) is 22.8. The van der Waals surface area contributed by atoms with Crippen LogP contribution in [0, 0.1) is 13.8 Å². The quantitative estimate of drug-likeness (QED) is 0.345. The van der Waals surface area contributed by atoms with E-state index >= 15 is 0 Å². The molecule has 8 nitrogen and oxygen atoms in total. The number of anilines is 2. The Morgan fingerprint density at radius 3 is 2.50 bits per heavy atom. The van der Waals surface area contributed by atoms with E-state index in [-0.39, 0.29) is 17.1 Å². The predicted molar refractivity (Wildman–Crippen MR) is 134 cm³/mol. The van der Waals surface area contributed by atoms with Gasteiger partial charge in [-0.3, -0.25) is 4.79 Å². The molecule has 5 aromatic rings. The van der Waals surface area contributed by atoms with E-state index in [4.69, 9.17) is 5.73 Å². The van der Waals surface area contributed by atoms with Gasteiger partial charge >= 0.3 is 0 Å². The molecule has 8 heteroatoms. The van der Waals surface area contributed by atoms with Gasteiger partial charge in [0.1, 0.15) is 22.6 Å². The number of rotatable bonds is 4. The summed E-state index contributed by atoms with van der Waals surface area (Å²) in [5.74, 6) is -0.234. The van der Waals surface area contributed by atoms with E-state index < -0.39 is 5.91 Å². The number of carbonyl (C=O) groups is 1. The number of nitrogens with zero attached hydrogens (tertiary/aromatic N) is 4. The first-order chi connectivity index (χ1) is 16.4. The molecule has 34 heavy (non-hydrogen) atoms. The molecule has 0 radical (unpaired) electrons. The summed E-state index contributed by atoms with van der Waals surface area (Å²) in [6.45, 7) is 3.88. The Morgan fingerprint density at radius 1 is 1.03 bits per heavy atom. The number of hydrogen-bond acceptors (Lipinski definition) is 6. The van der Waals surface area contributed by atoms with Gasteiger partial charge in [0.05, 0.1) is 17.2 Å². The normalized spacial score (nSPS) is 11.5. The first-order valence-corrected chi connectivity index (χ1v) is 10.7. The van der Waals surface area contributed by atoms with Crippen LogP contribution in [-0.2, 0) is 0 Å². The van der Waals surface area contributed by atoms with Crippen LogP contribution in [0.25, 0.3) is 22.2 Å². The second kappa shape index (κ2) is 8.32. The van der Waals surface area contributed by atoms with E-state index in [0.717, 1.165) is 11.1 Å². The topological polar surface area (TPSA) is 118 Å². The fourth-order valence-electron chi connectivity index (χ4n) is 3.76. The van der Waals surface area contributed by atoms with Crippen LogP contribution in [0.15, 0.2) is 71.8 Å². The van der Waals surface area contributed by atoms with Crippen molar-refractivity contribution in [2.24, 2.45) is 5.10 Å². The lowest BCUT2D eigenvalue weighted by Gasteiger charge is -2.09. The molecule has 0 aliphatic heterocycles. The van der Waals surface area contributed by atoms with Crippen molar-refractivity contribution in [1.82, 2.24) is 14.6 Å². The Kier molecular flexibility index (Phi) is 5.18. The Balaban J connectivity index is 1.68. The van der Waals surface area contributed by atoms with Gasteiger partial charge in [-0.05, 0) is 55.3 Å². The van der Waals surface area contributed by atoms with Crippen LogP contribution in [0.5, 0.6) is 5.75 Å². The number of hydrogen-bond donors (Lipinski definition) is 3. The van der Waals surface area contributed by atoms with Crippen molar-refractivity contribution in [3.05, 3.63) is 89.0 Å². The number of fused-ring (bicyclic) bond motifs is 2. The third-order valence-corrected chi connectivity index (χ3v) is 5.59. The fraction of sp³-hybridized carbons (Fsp3) is 0.0769. The molecule has 0 saturated heterocycles. The third-order valence-electron chi connectivity index (χ3n) is 5.59. The first kappa shape index (κ1) is 21.1. The molecule has 0 atom stereocenters. The predicted octanol–water partition coefficient (Wildman–Crippen LogP) is 4.62. The summed E-state index contributed by atoms with van der Waals surface area (Å²) in [5, 5.41) is 17.5. The lowest BCUT2D eigenvalue weighted by Crippen LogP contribution is -2.15. The highest BCUT2D eigenvalue weighted by Crippen LogP contribution is 2.29. The number of phenols is 1. The molecule has 5 rings (SSSR count). The van der Waals surface area contributed by atoms with Crippen LogP contribution in [-0.4, -0.2) is 31.9 Å². The van der Waals surface area contributed by atoms with E-state index in [9.17, 15) is 9.90 Å². The number of carbonyl (C=O) groups excluding carboxylic acids is 1. The number of aryl methyl sites for hydroxylation is 2. The second-order valence-electron chi connectivity index (χ2n) is 8.03. The van der Waals surface area contributed by atoms with E-state index in [1.165, 1.54) is 10.9 Å². The SMILES string of the molecule is Cc1ccc(C)c(NC(=O)c2c(N)n(/N=C/c3ccccc3O)c3nc4ccccc4nc23)c1. The van der Waals surface area contributed by atoms with Crippen molar-refractivity contribution in [3.63, 3.8) is 0 Å². The van der Waals surface area contributed by atoms with Crippen molar-refractivity contribution >= 4 is 45.8 Å². The highest BCUT2D eigenvalue weighted by atomic mass is 16.3. The molecule has 2 heterocycles. The number of aromatic nitrogens is 3. The monoisotopic (exact) mass is 450 g/mol. The zero-order chi connectivity index (χ0) is 23.8. The number of phenolic OH excluding ortho intramolecular Hbond substituents is 1. The van der Waals surface area contributed by atoms with Crippen molar-refractivity contribution < 1.29 is 9.90 Å². The number of amides is 1. The Hall–Kier alpha value is -4.72. The number of para-hydroxylation sites is 3. The highest BCUT2D eigenvalue weighted by Gasteiger charge is 2.24. The molecule has 0 saturated carbocycles. The van der Waals surface area contributed by atoms with E-state index in [1.54, 1.807) is 24.3 Å². The molecule has 0 fully saturated rings. The number of nitrogens with two attached hydrogens (primary N) is 1. The molecule has 2 aromatic heterocycles. The lowest BCUT2D eigenvalue weighted by atomic mass is 10.1. The molecule has 0 aliphatic rings. The average molecular weight is 451 g/mol. The minimum atomic E-state index is -0.405. The van der Waals surface area contributed by atoms with Crippen LogP contribution < -0.4 is 11.1 Å². The smallest absolute Gasteiger partial charge is 0.261 e. The number of nitrogens with one attached hydrogen (secondary N) is 1. The average Bonchev–Trinajstić information content (AvgIpc) is 3.09. The molecular formula is C26H22N6O2. The molecule has 0 bridgehead atoms. The summed E-state index contributed by atoms with van der Waals surface area (Å²) in [6.07, 6.45) is 1.47. The van der Waals surface area contributed by atoms with Crippen molar-refractivity contribution in [3.8, 4) is 5.75 Å². The van der Waals surface area contributed by atoms with Crippen molar-refractivity contribution in [1.29, 1.82) is 0 Å². The molecule has 0 aliphatic carbocycles. The summed E-state index contributed by atoms with van der Waals surface area (Å²) < 4.78 is 1.37. The molecule has 0 unspecified atom stereocenters. The summed E-state index contributed by atoms with van der Waals surface area (Å²) in [7, 11) is 0. The van der Waals surface area contributed by atoms with Gasteiger partial charge in [0.25, 0.3) is 5.91 Å². The van der Waals surface area contributed by atoms with Gasteiger partial charge in [0.2, 0.25) is 0 Å². The zero-order valence-corrected chi connectivity index (χ0v) is 18.6. The minimum absolute atomic E-state index is 0.0747. The van der Waals surface area contributed by atoms with Crippen LogP contribution in [0.3, 0.4) is 0 Å². The van der Waals surface area contributed by atoms with Gasteiger partial charge in [-0.1, -0.05) is 36.4 Å². The Labute approximate surface area is 195 Å². The molecule has 3 aromatic carbocycles. The van der Waals surface area contributed by atoms with Gasteiger partial charge in [-0.2, -0.15) is 9.78 Å². The fourth-order valence-corrected chi connectivity index (χ4v) is 3.76. The summed E-state index contributed by atoms with van der Waals surface area (Å²) >= 11 is 0. The van der Waals surface area contributed by atoms with E-state index in [0.29, 0.717) is 33.4 Å². The van der Waals surface area contributed by atoms with E-state index in [2.05, 4.69) is 20.4 Å². The van der Waals surface area contributed by atoms with Crippen LogP contribution in [0.2, 0.25) is 0 Å². The molecule has 0 spiro atoms. The first-order valence-electron chi connectivity index (χ1n) is 10.7. The van der Waals surface area contributed by atoms with Gasteiger partial charge in [-0.15, -0.1) is 0 Å². The molecule has 1 amide bonds. The molecule has 4 N–H and O–H groups in total. The highest BCUT2D eigenvalue weighted by molar-refractivity contribution is 6.16. The van der Waals surface area contributed by atoms with Gasteiger partial charge in [-0.25, -0.2) is 9.97 Å². The van der Waals surface area contributed by atoms with Gasteiger partial charge in [0, 0.05) is 11.3 Å². The van der Waals surface area contributed by atoms with Gasteiger partial charge in [0.15, 0.2) is 5.65 Å². The zero-order valence-electron chi connectivity index (χ0n) is 18.6. The Bertz CT molecular complexity index is 1600. The number of nitrogen functional groups attached to an aromatic ring is 1. The van der Waals surface area contributed by atoms with Crippen LogP contribution in [0.1, 0.15) is 27.0 Å². The van der Waals surface area contributed by atoms with Crippen molar-refractivity contribution in [2.75, 3.05) is 11.1 Å². The molecule has 168 valence electrons. The minimum Gasteiger partial charge on any atom is -0.507 e. The number of aromatic hydroxyl groups is 1. The largest absolute Gasteiger partial charge is 0.507 e. The number of benzene rings is 3. The maximum absolute atomic E-state index is 13.4. The maximum Gasteiger partial charge on any atom is 0.261 e. The second-order valence-corrected chi connectivity index (χ2v) is 8.03. The third kappa shape index (κ3) is 3.71. The molecular weight excluding hydrogens is 428 g/mol. The lowest BCUT2D eigenvalue weighted by molar-refractivity contribution is 0.102. The summed E-state index contributed by atoms with van der Waals surface area (Å²) in [6, 6.07) is 20.0. The van der Waals surface area contributed by atoms with Crippen LogP contribution >= 0.6 is 0 Å². The Morgan fingerprint density at radius 2 is 1.74 bits per heavy atom. The van der Waals surface area contributed by atoms with Crippen molar-refractivity contribution in [2.45, 2.75) is 13.8 Å². The van der Waals surface area contributed by atoms with Crippen LogP contribution in [0.4, 0.5) is 11.5 Å². The maximum atomic E-state index is 13.4.